The third kappa shape index (κ3) is 3.54. The Morgan fingerprint density at radius 1 is 0.405 bits per heavy atom. The largest absolute Gasteiger partial charge is 0.508 e. The molecule has 7 aromatic rings. The van der Waals surface area contributed by atoms with E-state index in [1.165, 1.54) is 0 Å². The summed E-state index contributed by atoms with van der Waals surface area (Å²) in [6.45, 7) is 0. The zero-order valence-corrected chi connectivity index (χ0v) is 22.4. The minimum absolute atomic E-state index is 0.0379. The maximum absolute atomic E-state index is 11.7. The average molecular weight is 521 g/mol. The van der Waals surface area contributed by atoms with Crippen LogP contribution >= 0.6 is 0 Å². The molecule has 0 amide bonds. The summed E-state index contributed by atoms with van der Waals surface area (Å²) in [5.41, 5.74) is 2.68. The highest BCUT2D eigenvalue weighted by Gasteiger charge is 2.27. The van der Waals surface area contributed by atoms with Gasteiger partial charge in [-0.05, 0) is 55.1 Å². The minimum Gasteiger partial charge on any atom is -0.508 e. The van der Waals surface area contributed by atoms with Crippen LogP contribution in [0, 0.1) is 0 Å². The third-order valence-corrected chi connectivity index (χ3v) is 8.28. The van der Waals surface area contributed by atoms with Gasteiger partial charge in [0.15, 0.2) is 0 Å². The summed E-state index contributed by atoms with van der Waals surface area (Å²) in [4.78, 5) is 0. The molecule has 42 heavy (non-hydrogen) atoms. The zero-order valence-electron chi connectivity index (χ0n) is 22.4. The van der Waals surface area contributed by atoms with Crippen molar-refractivity contribution >= 4 is 123 Å². The molecule has 7 rings (SSSR count). The lowest BCUT2D eigenvalue weighted by Crippen LogP contribution is -2.41. The van der Waals surface area contributed by atoms with Crippen LogP contribution in [0.25, 0.3) is 65.3 Å². The summed E-state index contributed by atoms with van der Waals surface area (Å²) in [7, 11) is 39.1. The van der Waals surface area contributed by atoms with Gasteiger partial charge in [0.25, 0.3) is 0 Å². The first-order chi connectivity index (χ1) is 20.2. The van der Waals surface area contributed by atoms with Gasteiger partial charge >= 0.3 is 0 Å². The first kappa shape index (κ1) is 26.5. The highest BCUT2D eigenvalue weighted by molar-refractivity contribution is 6.65. The molecule has 2 N–H and O–H groups in total. The zero-order chi connectivity index (χ0) is 29.4. The number of aromatic hydroxyl groups is 2. The first-order valence-corrected chi connectivity index (χ1v) is 13.3. The second-order valence-electron chi connectivity index (χ2n) is 10.5. The van der Waals surface area contributed by atoms with Crippen LogP contribution < -0.4 is 32.8 Å². The lowest BCUT2D eigenvalue weighted by atomic mass is 9.64. The topological polar surface area (TPSA) is 40.5 Å². The second kappa shape index (κ2) is 9.56. The molecule has 0 bridgehead atoms. The van der Waals surface area contributed by atoms with Gasteiger partial charge in [-0.2, -0.15) is 0 Å². The maximum atomic E-state index is 11.7. The third-order valence-electron chi connectivity index (χ3n) is 8.28. The smallest absolute Gasteiger partial charge is 0.118 e. The molecule has 0 atom stereocenters. The summed E-state index contributed by atoms with van der Waals surface area (Å²) >= 11 is 0. The number of phenolic OH excluding ortho intramolecular Hbond substituents is 2. The summed E-state index contributed by atoms with van der Waals surface area (Å²) in [6.07, 6.45) is 0. The van der Waals surface area contributed by atoms with Crippen LogP contribution in [0.15, 0.2) is 84.9 Å². The van der Waals surface area contributed by atoms with E-state index in [-0.39, 0.29) is 44.3 Å². The Balaban J connectivity index is 1.89. The van der Waals surface area contributed by atoms with Crippen molar-refractivity contribution in [3.8, 4) is 33.8 Å². The van der Waals surface area contributed by atoms with E-state index < -0.39 is 0 Å². The number of fused-ring (bicyclic) bond motifs is 5. The van der Waals surface area contributed by atoms with Crippen molar-refractivity contribution in [2.75, 3.05) is 0 Å². The standard InChI is InChI=1S/C34H16B6O2/c35-27-23-22(20-14-16-10-4-5-11-17(16)18-12-6-7-13-19(18)20)24-26(34(42)32(40)30(38)28(24)36)21(15-8-2-1-3-9-15)25(23)33(41)31(39)29(27)37/h1-14,41-42H. The van der Waals surface area contributed by atoms with Crippen molar-refractivity contribution in [1.29, 1.82) is 0 Å². The van der Waals surface area contributed by atoms with Gasteiger partial charge in [0.1, 0.15) is 58.6 Å². The van der Waals surface area contributed by atoms with Crippen molar-refractivity contribution in [2.45, 2.75) is 0 Å². The van der Waals surface area contributed by atoms with Gasteiger partial charge in [0.05, 0.1) is 0 Å². The van der Waals surface area contributed by atoms with Gasteiger partial charge in [-0.3, -0.25) is 0 Å². The van der Waals surface area contributed by atoms with Crippen LogP contribution in [0.1, 0.15) is 0 Å². The van der Waals surface area contributed by atoms with Gasteiger partial charge in [0, 0.05) is 16.3 Å². The summed E-state index contributed by atoms with van der Waals surface area (Å²) in [5.74, 6) is -0.533. The van der Waals surface area contributed by atoms with E-state index in [9.17, 15) is 10.2 Å². The number of rotatable bonds is 2. The molecule has 12 radical (unpaired) electrons. The number of hydrogen-bond acceptors (Lipinski definition) is 2. The Kier molecular flexibility index (Phi) is 6.02. The van der Waals surface area contributed by atoms with Crippen LogP contribution in [0.3, 0.4) is 0 Å². The molecular weight excluding hydrogens is 505 g/mol. The Bertz CT molecular complexity index is 2200. The summed E-state index contributed by atoms with van der Waals surface area (Å²) in [6, 6.07) is 27.3. The molecule has 0 saturated heterocycles. The van der Waals surface area contributed by atoms with Crippen molar-refractivity contribution in [3.05, 3.63) is 84.9 Å². The summed E-state index contributed by atoms with van der Waals surface area (Å²) < 4.78 is 0. The molecule has 0 aliphatic carbocycles. The van der Waals surface area contributed by atoms with Gasteiger partial charge < -0.3 is 10.2 Å². The fraction of sp³-hybridized carbons (Fsp3) is 0. The van der Waals surface area contributed by atoms with Crippen LogP contribution in [-0.4, -0.2) is 57.3 Å². The van der Waals surface area contributed by atoms with Gasteiger partial charge in [-0.1, -0.05) is 101 Å². The Morgan fingerprint density at radius 3 is 1.45 bits per heavy atom. The quantitative estimate of drug-likeness (QED) is 0.207. The molecule has 0 fully saturated rings. The Labute approximate surface area is 251 Å². The summed E-state index contributed by atoms with van der Waals surface area (Å²) in [5, 5.41) is 28.8. The van der Waals surface area contributed by atoms with Gasteiger partial charge in [-0.25, -0.2) is 0 Å². The van der Waals surface area contributed by atoms with Crippen molar-refractivity contribution < 1.29 is 10.2 Å². The highest BCUT2D eigenvalue weighted by Crippen LogP contribution is 2.48. The first-order valence-electron chi connectivity index (χ1n) is 13.3. The van der Waals surface area contributed by atoms with Crippen LogP contribution in [0.5, 0.6) is 11.5 Å². The lowest BCUT2D eigenvalue weighted by molar-refractivity contribution is 0.485. The molecule has 0 aliphatic rings. The van der Waals surface area contributed by atoms with E-state index in [1.807, 2.05) is 78.9 Å². The lowest BCUT2D eigenvalue weighted by Gasteiger charge is -2.27. The molecule has 0 aromatic heterocycles. The number of benzene rings is 7. The Hall–Kier alpha value is -4.43. The van der Waals surface area contributed by atoms with E-state index in [0.717, 1.165) is 27.1 Å². The van der Waals surface area contributed by atoms with E-state index in [1.54, 1.807) is 0 Å². The molecule has 7 aromatic carbocycles. The van der Waals surface area contributed by atoms with Crippen molar-refractivity contribution in [3.63, 3.8) is 0 Å². The highest BCUT2D eigenvalue weighted by atomic mass is 16.3. The van der Waals surface area contributed by atoms with Gasteiger partial charge in [0.2, 0.25) is 0 Å². The SMILES string of the molecule is [B]c1c([B])c(O)c2c(-c3ccccc3)c3c(O)c([B])c([B])c([B])c3c(-c3cc4ccccc4c4ccccc34)c2c1[B]. The van der Waals surface area contributed by atoms with Gasteiger partial charge in [-0.15, -0.1) is 10.9 Å². The molecule has 8 heteroatoms. The predicted octanol–water partition coefficient (Wildman–Crippen LogP) is 1.81. The van der Waals surface area contributed by atoms with Crippen molar-refractivity contribution in [1.82, 2.24) is 0 Å². The number of phenols is 2. The second-order valence-corrected chi connectivity index (χ2v) is 10.5. The molecular formula is C34H16B6O2. The molecule has 0 saturated carbocycles. The van der Waals surface area contributed by atoms with Crippen LogP contribution in [0.2, 0.25) is 0 Å². The molecule has 0 heterocycles. The maximum Gasteiger partial charge on any atom is 0.118 e. The molecule has 0 unspecified atom stereocenters. The number of hydrogen-bond donors (Lipinski definition) is 2. The molecule has 182 valence electrons. The van der Waals surface area contributed by atoms with E-state index in [2.05, 4.69) is 6.07 Å². The fourth-order valence-corrected chi connectivity index (χ4v) is 6.27. The predicted molar refractivity (Wildman–Crippen MR) is 183 cm³/mol. The normalized spacial score (nSPS) is 11.6. The van der Waals surface area contributed by atoms with Crippen molar-refractivity contribution in [2.24, 2.45) is 0 Å². The van der Waals surface area contributed by atoms with E-state index in [0.29, 0.717) is 38.2 Å². The van der Waals surface area contributed by atoms with Crippen LogP contribution in [0.4, 0.5) is 0 Å². The van der Waals surface area contributed by atoms with E-state index >= 15 is 0 Å². The monoisotopic (exact) mass is 522 g/mol. The molecule has 0 spiro atoms. The fourth-order valence-electron chi connectivity index (χ4n) is 6.27. The van der Waals surface area contributed by atoms with E-state index in [4.69, 9.17) is 47.1 Å². The molecule has 2 nitrogen and oxygen atoms in total. The average Bonchev–Trinajstić information content (AvgIpc) is 3.03. The van der Waals surface area contributed by atoms with Crippen LogP contribution in [-0.2, 0) is 0 Å². The molecule has 0 aliphatic heterocycles. The minimum atomic E-state index is -0.267. The Morgan fingerprint density at radius 2 is 0.881 bits per heavy atom.